The predicted octanol–water partition coefficient (Wildman–Crippen LogP) is 0.943. The third kappa shape index (κ3) is 4.05. The maximum atomic E-state index is 12.5. The summed E-state index contributed by atoms with van der Waals surface area (Å²) in [5, 5.41) is 2.98. The lowest BCUT2D eigenvalue weighted by atomic mass is 10.2. The smallest absolute Gasteiger partial charge is 0.265 e. The highest BCUT2D eigenvalue weighted by atomic mass is 32.2. The molecular weight excluding hydrogens is 374 g/mol. The highest BCUT2D eigenvalue weighted by molar-refractivity contribution is 7.89. The largest absolute Gasteiger partial charge is 0.495 e. The first-order valence-corrected chi connectivity index (χ1v) is 11.6. The molecule has 1 fully saturated rings. The second-order valence-electron chi connectivity index (χ2n) is 6.62. The van der Waals surface area contributed by atoms with E-state index in [4.69, 9.17) is 4.74 Å². The summed E-state index contributed by atoms with van der Waals surface area (Å²) in [4.78, 5) is 16.7. The van der Waals surface area contributed by atoms with Gasteiger partial charge in [-0.1, -0.05) is 0 Å². The van der Waals surface area contributed by atoms with Gasteiger partial charge >= 0.3 is 0 Å². The molecule has 26 heavy (non-hydrogen) atoms. The third-order valence-electron chi connectivity index (χ3n) is 5.09. The van der Waals surface area contributed by atoms with E-state index >= 15 is 0 Å². The molecule has 0 saturated carbocycles. The van der Waals surface area contributed by atoms with Crippen LogP contribution in [-0.4, -0.2) is 75.7 Å². The summed E-state index contributed by atoms with van der Waals surface area (Å²) >= 11 is 1.55. The zero-order valence-corrected chi connectivity index (χ0v) is 17.0. The first-order chi connectivity index (χ1) is 12.5. The van der Waals surface area contributed by atoms with E-state index in [-0.39, 0.29) is 11.7 Å². The van der Waals surface area contributed by atoms with Crippen molar-refractivity contribution in [2.45, 2.75) is 26.2 Å². The fourth-order valence-corrected chi connectivity index (χ4v) is 5.92. The molecule has 1 aliphatic carbocycles. The number of nitrogens with zero attached hydrogens (tertiary/aromatic N) is 2. The monoisotopic (exact) mass is 401 g/mol. The van der Waals surface area contributed by atoms with Crippen molar-refractivity contribution in [3.8, 4) is 5.75 Å². The average molecular weight is 402 g/mol. The van der Waals surface area contributed by atoms with Crippen molar-refractivity contribution in [3.05, 3.63) is 15.3 Å². The van der Waals surface area contributed by atoms with Gasteiger partial charge in [0.15, 0.2) is 0 Å². The minimum absolute atomic E-state index is 0.0755. The van der Waals surface area contributed by atoms with Gasteiger partial charge in [-0.3, -0.25) is 9.69 Å². The number of methoxy groups -OCH3 is 1. The van der Waals surface area contributed by atoms with Crippen molar-refractivity contribution in [2.24, 2.45) is 0 Å². The van der Waals surface area contributed by atoms with Gasteiger partial charge in [-0.2, -0.15) is 4.31 Å². The number of hydrogen-bond acceptors (Lipinski definition) is 6. The molecule has 0 unspecified atom stereocenters. The zero-order chi connectivity index (χ0) is 18.7. The van der Waals surface area contributed by atoms with E-state index in [2.05, 4.69) is 10.2 Å². The van der Waals surface area contributed by atoms with Crippen LogP contribution in [0.5, 0.6) is 5.75 Å². The Morgan fingerprint density at radius 1 is 1.23 bits per heavy atom. The summed E-state index contributed by atoms with van der Waals surface area (Å²) in [6.45, 7) is 5.39. The van der Waals surface area contributed by atoms with Crippen molar-refractivity contribution in [1.29, 1.82) is 0 Å². The highest BCUT2D eigenvalue weighted by Crippen LogP contribution is 2.40. The van der Waals surface area contributed by atoms with Crippen LogP contribution in [0.1, 0.15) is 33.5 Å². The number of thiophene rings is 1. The number of sulfonamides is 1. The molecule has 0 spiro atoms. The maximum absolute atomic E-state index is 12.5. The molecule has 0 atom stereocenters. The number of piperazine rings is 1. The standard InChI is InChI=1S/C17H27N3O4S2/c1-3-26(22,23)20-11-9-19(10-12-20)8-7-18-17(21)16-15(24-2)13-5-4-6-14(13)25-16/h3-12H2,1-2H3,(H,18,21). The lowest BCUT2D eigenvalue weighted by molar-refractivity contribution is 0.0946. The molecule has 146 valence electrons. The Morgan fingerprint density at radius 2 is 1.96 bits per heavy atom. The molecule has 0 bridgehead atoms. The van der Waals surface area contributed by atoms with Crippen molar-refractivity contribution in [3.63, 3.8) is 0 Å². The molecule has 2 heterocycles. The molecule has 1 saturated heterocycles. The molecule has 1 amide bonds. The van der Waals surface area contributed by atoms with Crippen molar-refractivity contribution in [2.75, 3.05) is 52.1 Å². The number of amides is 1. The Morgan fingerprint density at radius 3 is 2.62 bits per heavy atom. The number of aryl methyl sites for hydroxylation is 1. The van der Waals surface area contributed by atoms with Gasteiger partial charge < -0.3 is 10.1 Å². The third-order valence-corrected chi connectivity index (χ3v) is 8.24. The number of ether oxygens (including phenoxy) is 1. The van der Waals surface area contributed by atoms with Crippen LogP contribution in [0.25, 0.3) is 0 Å². The molecular formula is C17H27N3O4S2. The first kappa shape index (κ1) is 19.6. The molecule has 9 heteroatoms. The molecule has 1 aromatic heterocycles. The average Bonchev–Trinajstić information content (AvgIpc) is 3.22. The predicted molar refractivity (Wildman–Crippen MR) is 103 cm³/mol. The van der Waals surface area contributed by atoms with Gasteiger partial charge in [0.05, 0.1) is 12.9 Å². The lowest BCUT2D eigenvalue weighted by Gasteiger charge is -2.33. The Bertz CT molecular complexity index is 752. The fourth-order valence-electron chi connectivity index (χ4n) is 3.56. The van der Waals surface area contributed by atoms with Crippen LogP contribution in [0, 0.1) is 0 Å². The van der Waals surface area contributed by atoms with E-state index in [1.165, 1.54) is 10.4 Å². The maximum Gasteiger partial charge on any atom is 0.265 e. The summed E-state index contributed by atoms with van der Waals surface area (Å²) in [7, 11) is -1.47. The highest BCUT2D eigenvalue weighted by Gasteiger charge is 2.27. The topological polar surface area (TPSA) is 79.0 Å². The molecule has 0 radical (unpaired) electrons. The van der Waals surface area contributed by atoms with Gasteiger partial charge in [-0.05, 0) is 26.2 Å². The number of hydrogen-bond donors (Lipinski definition) is 1. The fraction of sp³-hybridized carbons (Fsp3) is 0.706. The first-order valence-electron chi connectivity index (χ1n) is 9.13. The van der Waals surface area contributed by atoms with E-state index < -0.39 is 10.0 Å². The van der Waals surface area contributed by atoms with E-state index in [0.29, 0.717) is 37.6 Å². The summed E-state index contributed by atoms with van der Waals surface area (Å²) in [6.07, 6.45) is 3.17. The van der Waals surface area contributed by atoms with Crippen LogP contribution < -0.4 is 10.1 Å². The molecule has 1 N–H and O–H groups in total. The summed E-state index contributed by atoms with van der Waals surface area (Å²) in [6, 6.07) is 0. The van der Waals surface area contributed by atoms with Gasteiger partial charge in [-0.25, -0.2) is 8.42 Å². The number of carbonyl (C=O) groups excluding carboxylic acids is 1. The minimum Gasteiger partial charge on any atom is -0.495 e. The quantitative estimate of drug-likeness (QED) is 0.736. The summed E-state index contributed by atoms with van der Waals surface area (Å²) in [5.74, 6) is 0.821. The number of fused-ring (bicyclic) bond motifs is 1. The van der Waals surface area contributed by atoms with Crippen LogP contribution in [0.2, 0.25) is 0 Å². The van der Waals surface area contributed by atoms with Crippen molar-refractivity contribution in [1.82, 2.24) is 14.5 Å². The van der Waals surface area contributed by atoms with E-state index in [0.717, 1.165) is 31.6 Å². The van der Waals surface area contributed by atoms with Gasteiger partial charge in [0.2, 0.25) is 10.0 Å². The second kappa shape index (κ2) is 8.24. The van der Waals surface area contributed by atoms with E-state index in [1.807, 2.05) is 0 Å². The van der Waals surface area contributed by atoms with Crippen LogP contribution in [0.4, 0.5) is 0 Å². The molecule has 1 aliphatic heterocycles. The van der Waals surface area contributed by atoms with E-state index in [9.17, 15) is 13.2 Å². The van der Waals surface area contributed by atoms with Gasteiger partial charge in [0.1, 0.15) is 10.6 Å². The molecule has 0 aromatic carbocycles. The Balaban J connectivity index is 1.47. The van der Waals surface area contributed by atoms with Crippen molar-refractivity contribution >= 4 is 27.3 Å². The Kier molecular flexibility index (Phi) is 6.21. The normalized spacial score (nSPS) is 18.7. The molecule has 1 aromatic rings. The summed E-state index contributed by atoms with van der Waals surface area (Å²) in [5.41, 5.74) is 1.20. The van der Waals surface area contributed by atoms with Crippen LogP contribution in [0.15, 0.2) is 0 Å². The zero-order valence-electron chi connectivity index (χ0n) is 15.4. The SMILES string of the molecule is CCS(=O)(=O)N1CCN(CCNC(=O)c2sc3c(c2OC)CCC3)CC1. The van der Waals surface area contributed by atoms with Gasteiger partial charge in [0.25, 0.3) is 5.91 Å². The number of carbonyl (C=O) groups is 1. The molecule has 7 nitrogen and oxygen atoms in total. The number of nitrogens with one attached hydrogen (secondary N) is 1. The van der Waals surface area contributed by atoms with Crippen LogP contribution in [0.3, 0.4) is 0 Å². The Labute approximate surface area is 159 Å². The molecule has 3 rings (SSSR count). The lowest BCUT2D eigenvalue weighted by Crippen LogP contribution is -2.50. The van der Waals surface area contributed by atoms with E-state index in [1.54, 1.807) is 29.7 Å². The Hall–Kier alpha value is -1.16. The van der Waals surface area contributed by atoms with Crippen molar-refractivity contribution < 1.29 is 17.9 Å². The van der Waals surface area contributed by atoms with Gasteiger partial charge in [0, 0.05) is 49.7 Å². The molecule has 2 aliphatic rings. The summed E-state index contributed by atoms with van der Waals surface area (Å²) < 4.78 is 30.8. The number of rotatable bonds is 7. The minimum atomic E-state index is -3.10. The van der Waals surface area contributed by atoms with Crippen LogP contribution in [-0.2, 0) is 22.9 Å². The second-order valence-corrected chi connectivity index (χ2v) is 9.98. The van der Waals surface area contributed by atoms with Gasteiger partial charge in [-0.15, -0.1) is 11.3 Å². The van der Waals surface area contributed by atoms with Crippen LogP contribution >= 0.6 is 11.3 Å².